The minimum atomic E-state index is -0.161. The van der Waals surface area contributed by atoms with Crippen LogP contribution in [0.25, 0.3) is 10.9 Å². The fourth-order valence-electron chi connectivity index (χ4n) is 4.33. The number of hydrogen-bond donors (Lipinski definition) is 0. The van der Waals surface area contributed by atoms with Gasteiger partial charge in [0.05, 0.1) is 31.0 Å². The third-order valence-electron chi connectivity index (χ3n) is 6.16. The minimum Gasteiger partial charge on any atom is -0.493 e. The molecule has 0 N–H and O–H groups in total. The molecule has 3 aromatic rings. The molecule has 0 fully saturated rings. The Balaban J connectivity index is 1.26. The van der Waals surface area contributed by atoms with Crippen LogP contribution in [0.4, 0.5) is 0 Å². The number of ether oxygens (including phenoxy) is 4. The summed E-state index contributed by atoms with van der Waals surface area (Å²) in [6, 6.07) is 14.3. The Hall–Kier alpha value is -2.79. The van der Waals surface area contributed by atoms with Crippen LogP contribution in [0.1, 0.15) is 63.3 Å². The first-order valence-corrected chi connectivity index (χ1v) is 12.5. The second-order valence-electron chi connectivity index (χ2n) is 9.62. The van der Waals surface area contributed by atoms with E-state index in [-0.39, 0.29) is 5.60 Å². The van der Waals surface area contributed by atoms with Gasteiger partial charge in [0.25, 0.3) is 0 Å². The number of para-hydroxylation sites is 2. The van der Waals surface area contributed by atoms with Crippen molar-refractivity contribution < 1.29 is 18.9 Å². The number of pyridine rings is 1. The van der Waals surface area contributed by atoms with Crippen LogP contribution < -0.4 is 14.2 Å². The van der Waals surface area contributed by atoms with Crippen molar-refractivity contribution in [2.75, 3.05) is 19.8 Å². The number of hydrogen-bond acceptors (Lipinski definition) is 5. The molecule has 2 heterocycles. The number of aromatic nitrogens is 1. The Kier molecular flexibility index (Phi) is 7.94. The highest BCUT2D eigenvalue weighted by molar-refractivity contribution is 5.86. The Morgan fingerprint density at radius 2 is 1.74 bits per heavy atom. The summed E-state index contributed by atoms with van der Waals surface area (Å²) in [6.07, 6.45) is 4.91. The van der Waals surface area contributed by atoms with E-state index in [1.54, 1.807) is 0 Å². The smallest absolute Gasteiger partial charge is 0.165 e. The van der Waals surface area contributed by atoms with Crippen LogP contribution >= 0.6 is 0 Å². The van der Waals surface area contributed by atoms with Crippen molar-refractivity contribution in [1.29, 1.82) is 0 Å². The highest BCUT2D eigenvalue weighted by Crippen LogP contribution is 2.41. The van der Waals surface area contributed by atoms with Crippen LogP contribution in [0.2, 0.25) is 0 Å². The van der Waals surface area contributed by atoms with E-state index in [1.165, 1.54) is 5.56 Å². The molecule has 34 heavy (non-hydrogen) atoms. The van der Waals surface area contributed by atoms with Gasteiger partial charge in [-0.15, -0.1) is 0 Å². The van der Waals surface area contributed by atoms with Crippen molar-refractivity contribution in [2.45, 2.75) is 72.0 Å². The predicted molar refractivity (Wildman–Crippen MR) is 136 cm³/mol. The minimum absolute atomic E-state index is 0.161. The van der Waals surface area contributed by atoms with Gasteiger partial charge in [-0.25, -0.2) is 4.98 Å². The van der Waals surface area contributed by atoms with Crippen LogP contribution in [0.5, 0.6) is 17.2 Å². The second-order valence-corrected chi connectivity index (χ2v) is 9.62. The van der Waals surface area contributed by atoms with Crippen LogP contribution in [0.15, 0.2) is 42.5 Å². The maximum absolute atomic E-state index is 6.15. The van der Waals surface area contributed by atoms with Crippen molar-refractivity contribution in [3.63, 3.8) is 0 Å². The zero-order valence-corrected chi connectivity index (χ0v) is 21.0. The zero-order valence-electron chi connectivity index (χ0n) is 21.0. The Bertz CT molecular complexity index is 1110. The van der Waals surface area contributed by atoms with Gasteiger partial charge in [-0.3, -0.25) is 0 Å². The molecular weight excluding hydrogens is 426 g/mol. The molecule has 0 amide bonds. The predicted octanol–water partition coefficient (Wildman–Crippen LogP) is 6.81. The van der Waals surface area contributed by atoms with Crippen LogP contribution in [-0.4, -0.2) is 30.4 Å². The summed E-state index contributed by atoms with van der Waals surface area (Å²) in [7, 11) is 0. The van der Waals surface area contributed by atoms with Gasteiger partial charge < -0.3 is 18.9 Å². The molecule has 0 unspecified atom stereocenters. The first kappa shape index (κ1) is 24.3. The summed E-state index contributed by atoms with van der Waals surface area (Å²) in [6.45, 7) is 11.0. The van der Waals surface area contributed by atoms with Gasteiger partial charge in [-0.1, -0.05) is 37.6 Å². The molecule has 5 nitrogen and oxygen atoms in total. The lowest BCUT2D eigenvalue weighted by Gasteiger charge is -2.18. The molecule has 1 aliphatic heterocycles. The molecule has 5 heteroatoms. The molecule has 0 spiro atoms. The highest BCUT2D eigenvalue weighted by Gasteiger charge is 2.32. The van der Waals surface area contributed by atoms with Crippen molar-refractivity contribution in [2.24, 2.45) is 0 Å². The van der Waals surface area contributed by atoms with E-state index in [0.717, 1.165) is 78.1 Å². The molecule has 182 valence electrons. The van der Waals surface area contributed by atoms with Crippen molar-refractivity contribution in [3.8, 4) is 17.2 Å². The van der Waals surface area contributed by atoms with E-state index in [0.29, 0.717) is 19.8 Å². The van der Waals surface area contributed by atoms with Gasteiger partial charge in [-0.05, 0) is 58.2 Å². The molecule has 2 aromatic carbocycles. The number of benzene rings is 2. The molecule has 4 rings (SSSR count). The molecule has 1 aromatic heterocycles. The number of nitrogens with zero attached hydrogens (tertiary/aromatic N) is 1. The molecule has 0 atom stereocenters. The van der Waals surface area contributed by atoms with E-state index in [9.17, 15) is 0 Å². The fraction of sp³-hybridized carbons (Fsp3) is 0.483. The van der Waals surface area contributed by atoms with Gasteiger partial charge in [0.15, 0.2) is 11.5 Å². The molecule has 0 saturated heterocycles. The quantitative estimate of drug-likeness (QED) is 0.276. The molecule has 1 aliphatic rings. The molecule has 0 radical (unpaired) electrons. The average molecular weight is 464 g/mol. The van der Waals surface area contributed by atoms with E-state index < -0.39 is 0 Å². The molecule has 0 saturated carbocycles. The summed E-state index contributed by atoms with van der Waals surface area (Å²) in [4.78, 5) is 4.84. The summed E-state index contributed by atoms with van der Waals surface area (Å²) in [5.41, 5.74) is 4.03. The molecular formula is C29H37NO4. The van der Waals surface area contributed by atoms with Crippen LogP contribution in [-0.2, 0) is 17.8 Å². The third kappa shape index (κ3) is 5.82. The lowest BCUT2D eigenvalue weighted by atomic mass is 10.0. The second kappa shape index (κ2) is 11.1. The molecule has 0 bridgehead atoms. The average Bonchev–Trinajstić information content (AvgIpc) is 3.15. The summed E-state index contributed by atoms with van der Waals surface area (Å²) in [5, 5.41) is 1.07. The summed E-state index contributed by atoms with van der Waals surface area (Å²) in [5.74, 6) is 2.68. The topological polar surface area (TPSA) is 49.8 Å². The maximum atomic E-state index is 6.15. The van der Waals surface area contributed by atoms with E-state index in [2.05, 4.69) is 39.8 Å². The maximum Gasteiger partial charge on any atom is 0.165 e. The number of rotatable bonds is 12. The lowest BCUT2D eigenvalue weighted by molar-refractivity contribution is 0.109. The highest BCUT2D eigenvalue weighted by atomic mass is 16.5. The zero-order chi connectivity index (χ0) is 24.0. The van der Waals surface area contributed by atoms with Crippen molar-refractivity contribution in [1.82, 2.24) is 4.98 Å². The first-order valence-electron chi connectivity index (χ1n) is 12.5. The monoisotopic (exact) mass is 463 g/mol. The van der Waals surface area contributed by atoms with Gasteiger partial charge in [0.2, 0.25) is 0 Å². The first-order chi connectivity index (χ1) is 16.5. The largest absolute Gasteiger partial charge is 0.493 e. The van der Waals surface area contributed by atoms with Gasteiger partial charge >= 0.3 is 0 Å². The van der Waals surface area contributed by atoms with Gasteiger partial charge in [0, 0.05) is 29.5 Å². The van der Waals surface area contributed by atoms with Gasteiger partial charge in [0.1, 0.15) is 11.4 Å². The van der Waals surface area contributed by atoms with Crippen LogP contribution in [0.3, 0.4) is 0 Å². The van der Waals surface area contributed by atoms with Gasteiger partial charge in [-0.2, -0.15) is 0 Å². The fourth-order valence-corrected chi connectivity index (χ4v) is 4.33. The normalized spacial score (nSPS) is 14.1. The molecule has 0 aliphatic carbocycles. The van der Waals surface area contributed by atoms with Crippen LogP contribution in [0, 0.1) is 6.92 Å². The Morgan fingerprint density at radius 1 is 0.941 bits per heavy atom. The Labute approximate surface area is 203 Å². The third-order valence-corrected chi connectivity index (χ3v) is 6.16. The van der Waals surface area contributed by atoms with E-state index >= 15 is 0 Å². The SMILES string of the molecule is CCCCOc1c(C)c(COCCCCOc2cccc3c2OC(C)(C)C3)nc2ccccc12. The standard InChI is InChI=1S/C29H37NO4/c1-5-6-17-33-27-21(2)25(30-24-14-8-7-13-23(24)27)20-31-16-9-10-18-32-26-15-11-12-22-19-29(3,4)34-28(22)26/h7-8,11-15H,5-6,9-10,16-20H2,1-4H3. The number of fused-ring (bicyclic) bond motifs is 2. The lowest BCUT2D eigenvalue weighted by Crippen LogP contribution is -2.24. The van der Waals surface area contributed by atoms with Crippen molar-refractivity contribution >= 4 is 10.9 Å². The van der Waals surface area contributed by atoms with E-state index in [4.69, 9.17) is 23.9 Å². The van der Waals surface area contributed by atoms with E-state index in [1.807, 2.05) is 30.3 Å². The Morgan fingerprint density at radius 3 is 2.59 bits per heavy atom. The summed E-state index contributed by atoms with van der Waals surface area (Å²) < 4.78 is 24.3. The number of unbranched alkanes of at least 4 members (excludes halogenated alkanes) is 2. The van der Waals surface area contributed by atoms with Crippen molar-refractivity contribution in [3.05, 3.63) is 59.3 Å². The summed E-state index contributed by atoms with van der Waals surface area (Å²) >= 11 is 0.